The maximum atomic E-state index is 12.9. The van der Waals surface area contributed by atoms with E-state index in [1.807, 2.05) is 37.3 Å². The summed E-state index contributed by atoms with van der Waals surface area (Å²) >= 11 is 0. The third-order valence-electron chi connectivity index (χ3n) is 5.19. The topological polar surface area (TPSA) is 95.7 Å². The number of para-hydroxylation sites is 1. The van der Waals surface area contributed by atoms with Crippen molar-refractivity contribution in [2.24, 2.45) is 0 Å². The van der Waals surface area contributed by atoms with Crippen LogP contribution in [0.25, 0.3) is 11.4 Å². The van der Waals surface area contributed by atoms with Gasteiger partial charge in [0, 0.05) is 17.7 Å². The number of nitrogens with one attached hydrogen (secondary N) is 1. The van der Waals surface area contributed by atoms with Crippen LogP contribution in [-0.2, 0) is 13.2 Å². The van der Waals surface area contributed by atoms with Gasteiger partial charge in [-0.25, -0.2) is 0 Å². The second kappa shape index (κ2) is 10.5. The van der Waals surface area contributed by atoms with Gasteiger partial charge >= 0.3 is 0 Å². The number of aryl methyl sites for hydroxylation is 1. The van der Waals surface area contributed by atoms with Gasteiger partial charge < -0.3 is 24.1 Å². The van der Waals surface area contributed by atoms with Gasteiger partial charge in [-0.15, -0.1) is 0 Å². The molecule has 0 bridgehead atoms. The number of hydrogen-bond donors (Lipinski definition) is 1. The van der Waals surface area contributed by atoms with Crippen LogP contribution in [0.5, 0.6) is 17.2 Å². The maximum Gasteiger partial charge on any atom is 0.264 e. The third-order valence-corrected chi connectivity index (χ3v) is 5.19. The molecule has 1 aromatic heterocycles. The van der Waals surface area contributed by atoms with E-state index in [4.69, 9.17) is 18.7 Å². The normalized spacial score (nSPS) is 10.6. The Morgan fingerprint density at radius 2 is 1.76 bits per heavy atom. The lowest BCUT2D eigenvalue weighted by Crippen LogP contribution is -2.23. The highest BCUT2D eigenvalue weighted by atomic mass is 16.5. The molecule has 34 heavy (non-hydrogen) atoms. The van der Waals surface area contributed by atoms with Gasteiger partial charge in [-0.3, -0.25) is 4.79 Å². The van der Waals surface area contributed by atoms with Crippen LogP contribution in [0.15, 0.2) is 71.3 Å². The smallest absolute Gasteiger partial charge is 0.264 e. The number of benzene rings is 3. The first-order valence-corrected chi connectivity index (χ1v) is 10.7. The highest BCUT2D eigenvalue weighted by Gasteiger charge is 2.15. The van der Waals surface area contributed by atoms with Gasteiger partial charge in [0.25, 0.3) is 11.8 Å². The fourth-order valence-electron chi connectivity index (χ4n) is 3.34. The summed E-state index contributed by atoms with van der Waals surface area (Å²) in [7, 11) is 3.17. The van der Waals surface area contributed by atoms with Crippen LogP contribution in [-0.4, -0.2) is 30.3 Å². The van der Waals surface area contributed by atoms with Crippen LogP contribution >= 0.6 is 0 Å². The second-order valence-corrected chi connectivity index (χ2v) is 7.52. The molecule has 174 valence electrons. The predicted molar refractivity (Wildman–Crippen MR) is 126 cm³/mol. The van der Waals surface area contributed by atoms with E-state index in [0.717, 1.165) is 16.7 Å². The number of ether oxygens (including phenoxy) is 3. The molecule has 0 fully saturated rings. The zero-order valence-corrected chi connectivity index (χ0v) is 19.2. The molecule has 0 spiro atoms. The summed E-state index contributed by atoms with van der Waals surface area (Å²) in [6, 6.07) is 20.2. The molecule has 4 aromatic rings. The Hall–Kier alpha value is -4.33. The summed E-state index contributed by atoms with van der Waals surface area (Å²) in [6.07, 6.45) is 0. The Morgan fingerprint density at radius 3 is 2.53 bits per heavy atom. The van der Waals surface area contributed by atoms with Crippen molar-refractivity contribution in [3.05, 3.63) is 89.3 Å². The van der Waals surface area contributed by atoms with Crippen molar-refractivity contribution in [2.75, 3.05) is 14.2 Å². The SMILES string of the molecule is COc1ccc(OC)c(CNC(=O)c2ccccc2OCc2nc(-c3ccc(C)cc3)no2)c1. The number of aromatic nitrogens is 2. The monoisotopic (exact) mass is 459 g/mol. The molecule has 0 radical (unpaired) electrons. The number of methoxy groups -OCH3 is 2. The summed E-state index contributed by atoms with van der Waals surface area (Å²) in [5, 5.41) is 6.92. The van der Waals surface area contributed by atoms with Gasteiger partial charge in [0.15, 0.2) is 6.61 Å². The molecule has 0 aliphatic heterocycles. The summed E-state index contributed by atoms with van der Waals surface area (Å²) in [4.78, 5) is 17.3. The van der Waals surface area contributed by atoms with E-state index in [9.17, 15) is 4.79 Å². The van der Waals surface area contributed by atoms with Crippen LogP contribution in [0.3, 0.4) is 0 Å². The van der Waals surface area contributed by atoms with Crippen molar-refractivity contribution in [2.45, 2.75) is 20.1 Å². The van der Waals surface area contributed by atoms with Crippen LogP contribution in [0.2, 0.25) is 0 Å². The van der Waals surface area contributed by atoms with Crippen molar-refractivity contribution in [1.82, 2.24) is 15.5 Å². The summed E-state index contributed by atoms with van der Waals surface area (Å²) in [6.45, 7) is 2.31. The Kier molecular flexibility index (Phi) is 7.07. The molecule has 0 unspecified atom stereocenters. The van der Waals surface area contributed by atoms with E-state index in [-0.39, 0.29) is 19.1 Å². The number of hydrogen-bond acceptors (Lipinski definition) is 7. The Bertz CT molecular complexity index is 1270. The molecule has 3 aromatic carbocycles. The first-order chi connectivity index (χ1) is 16.6. The molecule has 0 aliphatic carbocycles. The first kappa shape index (κ1) is 22.8. The Morgan fingerprint density at radius 1 is 0.971 bits per heavy atom. The fraction of sp³-hybridized carbons (Fsp3) is 0.192. The first-order valence-electron chi connectivity index (χ1n) is 10.7. The number of nitrogens with zero attached hydrogens (tertiary/aromatic N) is 2. The molecule has 8 heteroatoms. The Labute approximate surface area is 197 Å². The summed E-state index contributed by atoms with van der Waals surface area (Å²) in [5.41, 5.74) is 3.19. The van der Waals surface area contributed by atoms with E-state index in [1.54, 1.807) is 50.6 Å². The quantitative estimate of drug-likeness (QED) is 0.392. The van der Waals surface area contributed by atoms with Gasteiger partial charge in [0.2, 0.25) is 5.82 Å². The minimum Gasteiger partial charge on any atom is -0.497 e. The molecule has 1 heterocycles. The number of carbonyl (C=O) groups excluding carboxylic acids is 1. The molecule has 1 amide bonds. The van der Waals surface area contributed by atoms with E-state index in [1.165, 1.54) is 0 Å². The molecular weight excluding hydrogens is 434 g/mol. The van der Waals surface area contributed by atoms with Gasteiger partial charge in [0.1, 0.15) is 17.2 Å². The number of carbonyl (C=O) groups is 1. The van der Waals surface area contributed by atoms with Crippen LogP contribution in [0.1, 0.15) is 27.4 Å². The predicted octanol–water partition coefficient (Wildman–Crippen LogP) is 4.57. The van der Waals surface area contributed by atoms with E-state index < -0.39 is 0 Å². The van der Waals surface area contributed by atoms with Crippen LogP contribution in [0.4, 0.5) is 0 Å². The standard InChI is InChI=1S/C26H25N3O5/c1-17-8-10-18(11-9-17)25-28-24(34-29-25)16-33-23-7-5-4-6-21(23)26(30)27-15-19-14-20(31-2)12-13-22(19)32-3/h4-14H,15-16H2,1-3H3,(H,27,30). The van der Waals surface area contributed by atoms with E-state index in [0.29, 0.717) is 34.5 Å². The highest BCUT2D eigenvalue weighted by molar-refractivity contribution is 5.96. The number of amides is 1. The lowest BCUT2D eigenvalue weighted by molar-refractivity contribution is 0.0945. The molecule has 0 atom stereocenters. The zero-order valence-electron chi connectivity index (χ0n) is 19.2. The fourth-order valence-corrected chi connectivity index (χ4v) is 3.34. The highest BCUT2D eigenvalue weighted by Crippen LogP contribution is 2.25. The minimum absolute atomic E-state index is 0.0346. The average molecular weight is 460 g/mol. The zero-order chi connectivity index (χ0) is 23.9. The van der Waals surface area contributed by atoms with Crippen LogP contribution < -0.4 is 19.5 Å². The van der Waals surface area contributed by atoms with E-state index in [2.05, 4.69) is 15.5 Å². The molecule has 4 rings (SSSR count). The van der Waals surface area contributed by atoms with Crippen molar-refractivity contribution in [3.63, 3.8) is 0 Å². The lowest BCUT2D eigenvalue weighted by atomic mass is 10.1. The van der Waals surface area contributed by atoms with Crippen LogP contribution in [0, 0.1) is 6.92 Å². The molecule has 0 saturated heterocycles. The van der Waals surface area contributed by atoms with Crippen molar-refractivity contribution >= 4 is 5.91 Å². The third kappa shape index (κ3) is 5.35. The second-order valence-electron chi connectivity index (χ2n) is 7.52. The van der Waals surface area contributed by atoms with Gasteiger partial charge in [-0.2, -0.15) is 4.98 Å². The van der Waals surface area contributed by atoms with Crippen molar-refractivity contribution in [3.8, 4) is 28.6 Å². The van der Waals surface area contributed by atoms with E-state index >= 15 is 0 Å². The van der Waals surface area contributed by atoms with Crippen molar-refractivity contribution in [1.29, 1.82) is 0 Å². The van der Waals surface area contributed by atoms with Gasteiger partial charge in [-0.05, 0) is 37.3 Å². The molecule has 0 saturated carbocycles. The molecular formula is C26H25N3O5. The molecule has 1 N–H and O–H groups in total. The average Bonchev–Trinajstić information content (AvgIpc) is 3.35. The van der Waals surface area contributed by atoms with Gasteiger partial charge in [-0.1, -0.05) is 47.1 Å². The largest absolute Gasteiger partial charge is 0.497 e. The minimum atomic E-state index is -0.286. The molecule has 0 aliphatic rings. The van der Waals surface area contributed by atoms with Crippen molar-refractivity contribution < 1.29 is 23.5 Å². The maximum absolute atomic E-state index is 12.9. The summed E-state index contributed by atoms with van der Waals surface area (Å²) < 4.78 is 21.8. The van der Waals surface area contributed by atoms with Gasteiger partial charge in [0.05, 0.1) is 19.8 Å². The summed E-state index contributed by atoms with van der Waals surface area (Å²) in [5.74, 6) is 2.26. The Balaban J connectivity index is 1.42. The molecule has 8 nitrogen and oxygen atoms in total. The lowest BCUT2D eigenvalue weighted by Gasteiger charge is -2.13. The number of rotatable bonds is 9.